The Morgan fingerprint density at radius 1 is 1.14 bits per heavy atom. The van der Waals surface area contributed by atoms with Crippen LogP contribution in [0.2, 0.25) is 0 Å². The number of aryl methyl sites for hydroxylation is 2. The van der Waals surface area contributed by atoms with Gasteiger partial charge in [0.1, 0.15) is 5.75 Å². The van der Waals surface area contributed by atoms with Crippen LogP contribution in [0.3, 0.4) is 0 Å². The summed E-state index contributed by atoms with van der Waals surface area (Å²) in [6.45, 7) is 6.94. The van der Waals surface area contributed by atoms with Gasteiger partial charge in [-0.25, -0.2) is 4.79 Å². The van der Waals surface area contributed by atoms with Crippen molar-refractivity contribution in [1.82, 2.24) is 15.0 Å². The molecule has 0 fully saturated rings. The number of aliphatic carboxylic acids is 1. The van der Waals surface area contributed by atoms with E-state index < -0.39 is 11.6 Å². The van der Waals surface area contributed by atoms with E-state index in [2.05, 4.69) is 10.2 Å². The zero-order valence-corrected chi connectivity index (χ0v) is 17.2. The third kappa shape index (κ3) is 4.54. The molecule has 0 saturated heterocycles. The highest BCUT2D eigenvalue weighted by molar-refractivity contribution is 7.98. The summed E-state index contributed by atoms with van der Waals surface area (Å²) in [5.41, 5.74) is 2.38. The van der Waals surface area contributed by atoms with E-state index in [0.717, 1.165) is 27.5 Å². The van der Waals surface area contributed by atoms with Crippen LogP contribution in [-0.4, -0.2) is 31.7 Å². The Labute approximate surface area is 168 Å². The lowest BCUT2D eigenvalue weighted by Gasteiger charge is -2.23. The fourth-order valence-corrected chi connectivity index (χ4v) is 3.51. The maximum atomic E-state index is 11.3. The minimum atomic E-state index is -1.27. The van der Waals surface area contributed by atoms with E-state index in [0.29, 0.717) is 11.5 Å². The summed E-state index contributed by atoms with van der Waals surface area (Å²) in [4.78, 5) is 14.0. The number of para-hydroxylation sites is 1. The fraction of sp³-hybridized carbons (Fsp3) is 0.286. The maximum absolute atomic E-state index is 11.3. The second-order valence-corrected chi connectivity index (χ2v) is 8.04. The Bertz CT molecular complexity index is 984. The molecule has 28 heavy (non-hydrogen) atoms. The van der Waals surface area contributed by atoms with E-state index in [1.165, 1.54) is 13.8 Å². The van der Waals surface area contributed by atoms with Crippen LogP contribution in [0.15, 0.2) is 53.4 Å². The van der Waals surface area contributed by atoms with Crippen molar-refractivity contribution in [2.45, 2.75) is 43.9 Å². The van der Waals surface area contributed by atoms with Gasteiger partial charge in [-0.1, -0.05) is 18.2 Å². The van der Waals surface area contributed by atoms with Gasteiger partial charge in [-0.2, -0.15) is 15.0 Å². The molecule has 7 heteroatoms. The largest absolute Gasteiger partial charge is 0.478 e. The van der Waals surface area contributed by atoms with Gasteiger partial charge in [-0.3, -0.25) is 0 Å². The molecule has 1 heterocycles. The van der Waals surface area contributed by atoms with E-state index >= 15 is 0 Å². The minimum absolute atomic E-state index is 0.572. The van der Waals surface area contributed by atoms with Gasteiger partial charge in [0, 0.05) is 10.6 Å². The minimum Gasteiger partial charge on any atom is -0.478 e. The van der Waals surface area contributed by atoms with Crippen LogP contribution in [0.5, 0.6) is 5.75 Å². The van der Waals surface area contributed by atoms with Crippen molar-refractivity contribution >= 4 is 17.7 Å². The van der Waals surface area contributed by atoms with Gasteiger partial charge in [0.05, 0.1) is 17.1 Å². The Balaban J connectivity index is 1.69. The molecule has 2 aromatic carbocycles. The molecule has 0 amide bonds. The summed E-state index contributed by atoms with van der Waals surface area (Å²) in [7, 11) is 0. The first-order valence-electron chi connectivity index (χ1n) is 8.90. The predicted octanol–water partition coefficient (Wildman–Crippen LogP) is 4.42. The van der Waals surface area contributed by atoms with Crippen LogP contribution in [0, 0.1) is 13.8 Å². The highest BCUT2D eigenvalue weighted by Crippen LogP contribution is 2.30. The van der Waals surface area contributed by atoms with E-state index in [9.17, 15) is 9.90 Å². The Kier molecular flexibility index (Phi) is 5.74. The molecule has 0 aliphatic rings. The summed E-state index contributed by atoms with van der Waals surface area (Å²) in [5.74, 6) is 0.268. The number of benzene rings is 2. The third-order valence-electron chi connectivity index (χ3n) is 4.27. The summed E-state index contributed by atoms with van der Waals surface area (Å²) in [5, 5.41) is 18.3. The van der Waals surface area contributed by atoms with Gasteiger partial charge < -0.3 is 9.84 Å². The molecule has 0 unspecified atom stereocenters. The molecular formula is C21H23N3O3S. The number of rotatable bonds is 7. The van der Waals surface area contributed by atoms with Crippen LogP contribution in [0.4, 0.5) is 0 Å². The van der Waals surface area contributed by atoms with Gasteiger partial charge in [0.2, 0.25) is 0 Å². The van der Waals surface area contributed by atoms with Crippen molar-refractivity contribution in [3.8, 4) is 11.4 Å². The van der Waals surface area contributed by atoms with Crippen LogP contribution >= 0.6 is 11.8 Å². The van der Waals surface area contributed by atoms with Gasteiger partial charge in [-0.05, 0) is 63.6 Å². The number of carbonyl (C=O) groups is 1. The molecule has 3 rings (SSSR count). The summed E-state index contributed by atoms with van der Waals surface area (Å²) < 4.78 is 5.65. The van der Waals surface area contributed by atoms with Gasteiger partial charge in [-0.15, -0.1) is 11.8 Å². The van der Waals surface area contributed by atoms with Crippen molar-refractivity contribution in [1.29, 1.82) is 0 Å². The molecule has 1 N–H and O–H groups in total. The number of nitrogens with zero attached hydrogens (tertiary/aromatic N) is 3. The molecule has 0 bridgehead atoms. The molecule has 0 spiro atoms. The van der Waals surface area contributed by atoms with E-state index in [1.54, 1.807) is 16.6 Å². The van der Waals surface area contributed by atoms with Crippen LogP contribution < -0.4 is 4.74 Å². The molecule has 3 aromatic rings. The van der Waals surface area contributed by atoms with Gasteiger partial charge >= 0.3 is 5.97 Å². The molecule has 0 radical (unpaired) electrons. The fourth-order valence-electron chi connectivity index (χ4n) is 2.52. The molecule has 6 nitrogen and oxygen atoms in total. The lowest BCUT2D eigenvalue weighted by Crippen LogP contribution is -2.38. The average Bonchev–Trinajstić information content (AvgIpc) is 3.03. The zero-order chi connectivity index (χ0) is 20.3. The normalized spacial score (nSPS) is 11.4. The van der Waals surface area contributed by atoms with Crippen LogP contribution in [0.25, 0.3) is 5.69 Å². The van der Waals surface area contributed by atoms with Crippen LogP contribution in [-0.2, 0) is 10.5 Å². The summed E-state index contributed by atoms with van der Waals surface area (Å²) in [6.07, 6.45) is 0. The molecule has 0 aliphatic heterocycles. The standard InChI is InChI=1S/C21H23N3O3S/c1-14-12-17(10-11-19(14)27-21(3,4)20(25)26)28-13-18-15(2)22-24(23-18)16-8-6-5-7-9-16/h5-12H,13H2,1-4H3,(H,25,26). The monoisotopic (exact) mass is 397 g/mol. The van der Waals surface area contributed by atoms with E-state index in [4.69, 9.17) is 4.74 Å². The van der Waals surface area contributed by atoms with E-state index in [-0.39, 0.29) is 0 Å². The molecule has 146 valence electrons. The van der Waals surface area contributed by atoms with Gasteiger partial charge in [0.15, 0.2) is 5.60 Å². The number of thioether (sulfide) groups is 1. The molecular weight excluding hydrogens is 374 g/mol. The maximum Gasteiger partial charge on any atom is 0.347 e. The predicted molar refractivity (Wildman–Crippen MR) is 109 cm³/mol. The van der Waals surface area contributed by atoms with Crippen molar-refractivity contribution in [3.05, 3.63) is 65.5 Å². The number of hydrogen-bond donors (Lipinski definition) is 1. The van der Waals surface area contributed by atoms with Crippen molar-refractivity contribution in [2.24, 2.45) is 0 Å². The second-order valence-electron chi connectivity index (χ2n) is 6.99. The first-order valence-corrected chi connectivity index (χ1v) is 9.89. The molecule has 1 aromatic heterocycles. The number of carboxylic acid groups (broad SMARTS) is 1. The Hall–Kier alpha value is -2.80. The third-order valence-corrected chi connectivity index (χ3v) is 5.27. The second kappa shape index (κ2) is 8.06. The molecule has 0 saturated carbocycles. The first-order chi connectivity index (χ1) is 13.3. The Morgan fingerprint density at radius 3 is 2.50 bits per heavy atom. The highest BCUT2D eigenvalue weighted by atomic mass is 32.2. The van der Waals surface area contributed by atoms with E-state index in [1.807, 2.05) is 62.4 Å². The number of carboxylic acids is 1. The van der Waals surface area contributed by atoms with Crippen LogP contribution in [0.1, 0.15) is 30.8 Å². The average molecular weight is 398 g/mol. The first kappa shape index (κ1) is 19.9. The molecule has 0 aliphatic carbocycles. The highest BCUT2D eigenvalue weighted by Gasteiger charge is 2.29. The van der Waals surface area contributed by atoms with Crippen molar-refractivity contribution < 1.29 is 14.6 Å². The quantitative estimate of drug-likeness (QED) is 0.595. The number of hydrogen-bond acceptors (Lipinski definition) is 5. The number of aromatic nitrogens is 3. The molecule has 0 atom stereocenters. The van der Waals surface area contributed by atoms with Gasteiger partial charge in [0.25, 0.3) is 0 Å². The summed E-state index contributed by atoms with van der Waals surface area (Å²) in [6, 6.07) is 15.6. The number of ether oxygens (including phenoxy) is 1. The van der Waals surface area contributed by atoms with Crippen molar-refractivity contribution in [2.75, 3.05) is 0 Å². The summed E-state index contributed by atoms with van der Waals surface area (Å²) >= 11 is 1.66. The Morgan fingerprint density at radius 2 is 1.86 bits per heavy atom. The zero-order valence-electron chi connectivity index (χ0n) is 16.3. The van der Waals surface area contributed by atoms with Crippen molar-refractivity contribution in [3.63, 3.8) is 0 Å². The SMILES string of the molecule is Cc1cc(SCc2nn(-c3ccccc3)nc2C)ccc1OC(C)(C)C(=O)O. The lowest BCUT2D eigenvalue weighted by molar-refractivity contribution is -0.152. The lowest BCUT2D eigenvalue weighted by atomic mass is 10.1. The topological polar surface area (TPSA) is 77.2 Å². The smallest absolute Gasteiger partial charge is 0.347 e.